The highest BCUT2D eigenvalue weighted by molar-refractivity contribution is 5.96. The molecule has 4 N–H and O–H groups in total. The molecule has 0 aliphatic heterocycles. The van der Waals surface area contributed by atoms with Gasteiger partial charge in [-0.15, -0.1) is 0 Å². The molecular formula is C12H17N3O2. The van der Waals surface area contributed by atoms with Crippen molar-refractivity contribution in [3.8, 4) is 5.75 Å². The highest BCUT2D eigenvalue weighted by Gasteiger charge is 2.43. The van der Waals surface area contributed by atoms with Crippen LogP contribution in [-0.4, -0.2) is 22.5 Å². The van der Waals surface area contributed by atoms with Gasteiger partial charge >= 0.3 is 0 Å². The lowest BCUT2D eigenvalue weighted by molar-refractivity contribution is -0.129. The number of anilines is 1. The van der Waals surface area contributed by atoms with Gasteiger partial charge in [-0.3, -0.25) is 4.79 Å². The van der Waals surface area contributed by atoms with E-state index in [9.17, 15) is 9.90 Å². The van der Waals surface area contributed by atoms with Gasteiger partial charge in [0.15, 0.2) is 11.6 Å². The van der Waals surface area contributed by atoms with E-state index >= 15 is 0 Å². The van der Waals surface area contributed by atoms with Crippen LogP contribution in [0.25, 0.3) is 0 Å². The van der Waals surface area contributed by atoms with Crippen molar-refractivity contribution in [2.45, 2.75) is 26.2 Å². The number of carbonyl (C=O) groups is 1. The van der Waals surface area contributed by atoms with E-state index < -0.39 is 5.41 Å². The Hall–Kier alpha value is -1.62. The molecule has 0 unspecified atom stereocenters. The summed E-state index contributed by atoms with van der Waals surface area (Å²) in [6, 6.07) is 3.21. The Balaban J connectivity index is 2.15. The van der Waals surface area contributed by atoms with Gasteiger partial charge in [0.2, 0.25) is 5.91 Å². The first-order chi connectivity index (χ1) is 8.07. The van der Waals surface area contributed by atoms with E-state index in [-0.39, 0.29) is 17.5 Å². The van der Waals surface area contributed by atoms with Gasteiger partial charge in [0.25, 0.3) is 0 Å². The van der Waals surface area contributed by atoms with Crippen molar-refractivity contribution < 1.29 is 9.90 Å². The van der Waals surface area contributed by atoms with Gasteiger partial charge in [-0.2, -0.15) is 0 Å². The third-order valence-electron chi connectivity index (χ3n) is 3.43. The number of nitrogens with zero attached hydrogens (tertiary/aromatic N) is 1. The minimum Gasteiger partial charge on any atom is -0.504 e. The second-order valence-electron chi connectivity index (χ2n) is 4.61. The first-order valence-corrected chi connectivity index (χ1v) is 5.75. The van der Waals surface area contributed by atoms with E-state index in [1.54, 1.807) is 13.0 Å². The SMILES string of the molecule is Cc1ccc(O)c(NC(=O)C2(CN)CCC2)n1. The number of aromatic hydroxyl groups is 1. The quantitative estimate of drug-likeness (QED) is 0.733. The molecular weight excluding hydrogens is 218 g/mol. The first kappa shape index (κ1) is 11.9. The van der Waals surface area contributed by atoms with E-state index in [4.69, 9.17) is 5.73 Å². The number of carbonyl (C=O) groups excluding carboxylic acids is 1. The Morgan fingerprint density at radius 3 is 2.82 bits per heavy atom. The Morgan fingerprint density at radius 1 is 1.59 bits per heavy atom. The summed E-state index contributed by atoms with van der Waals surface area (Å²) in [5.74, 6) is 0.0600. The molecule has 1 aromatic heterocycles. The molecule has 17 heavy (non-hydrogen) atoms. The molecule has 0 saturated heterocycles. The van der Waals surface area contributed by atoms with Gasteiger partial charge in [0, 0.05) is 12.2 Å². The normalized spacial score (nSPS) is 17.3. The van der Waals surface area contributed by atoms with Crippen LogP contribution in [0.3, 0.4) is 0 Å². The lowest BCUT2D eigenvalue weighted by Gasteiger charge is -2.38. The lowest BCUT2D eigenvalue weighted by Crippen LogP contribution is -2.47. The molecule has 1 aliphatic rings. The maximum atomic E-state index is 12.1. The van der Waals surface area contributed by atoms with Crippen LogP contribution in [-0.2, 0) is 4.79 Å². The van der Waals surface area contributed by atoms with Crippen LogP contribution in [0.4, 0.5) is 5.82 Å². The maximum Gasteiger partial charge on any atom is 0.233 e. The Kier molecular flexibility index (Phi) is 3.02. The van der Waals surface area contributed by atoms with E-state index in [0.29, 0.717) is 6.54 Å². The van der Waals surface area contributed by atoms with Gasteiger partial charge in [-0.05, 0) is 31.9 Å². The van der Waals surface area contributed by atoms with E-state index in [1.165, 1.54) is 6.07 Å². The highest BCUT2D eigenvalue weighted by atomic mass is 16.3. The van der Waals surface area contributed by atoms with Crippen LogP contribution in [0.2, 0.25) is 0 Å². The van der Waals surface area contributed by atoms with Crippen LogP contribution in [0.5, 0.6) is 5.75 Å². The molecule has 1 saturated carbocycles. The third-order valence-corrected chi connectivity index (χ3v) is 3.43. The third kappa shape index (κ3) is 2.10. The number of aromatic nitrogens is 1. The molecule has 0 radical (unpaired) electrons. The number of hydrogen-bond acceptors (Lipinski definition) is 4. The fourth-order valence-corrected chi connectivity index (χ4v) is 2.01. The number of amides is 1. The number of pyridine rings is 1. The lowest BCUT2D eigenvalue weighted by atomic mass is 9.68. The molecule has 5 heteroatoms. The molecule has 0 spiro atoms. The van der Waals surface area contributed by atoms with Crippen molar-refractivity contribution in [3.05, 3.63) is 17.8 Å². The first-order valence-electron chi connectivity index (χ1n) is 5.75. The van der Waals surface area contributed by atoms with Crippen molar-refractivity contribution in [2.24, 2.45) is 11.1 Å². The smallest absolute Gasteiger partial charge is 0.233 e. The van der Waals surface area contributed by atoms with E-state index in [1.807, 2.05) is 0 Å². The zero-order valence-electron chi connectivity index (χ0n) is 9.86. The predicted molar refractivity (Wildman–Crippen MR) is 64.6 cm³/mol. The predicted octanol–water partition coefficient (Wildman–Crippen LogP) is 1.16. The summed E-state index contributed by atoms with van der Waals surface area (Å²) in [4.78, 5) is 16.2. The standard InChI is InChI=1S/C12H17N3O2/c1-8-3-4-9(16)10(14-8)15-11(17)12(7-13)5-2-6-12/h3-4,16H,2,5-7,13H2,1H3,(H,14,15,17). The maximum absolute atomic E-state index is 12.1. The number of rotatable bonds is 3. The average Bonchev–Trinajstić information content (AvgIpc) is 2.23. The Morgan fingerprint density at radius 2 is 2.29 bits per heavy atom. The fourth-order valence-electron chi connectivity index (χ4n) is 2.01. The zero-order valence-corrected chi connectivity index (χ0v) is 9.86. The average molecular weight is 235 g/mol. The number of hydrogen-bond donors (Lipinski definition) is 3. The van der Waals surface area contributed by atoms with Crippen molar-refractivity contribution in [1.29, 1.82) is 0 Å². The molecule has 5 nitrogen and oxygen atoms in total. The van der Waals surface area contributed by atoms with Gasteiger partial charge in [0.1, 0.15) is 0 Å². The van der Waals surface area contributed by atoms with Crippen LogP contribution in [0.1, 0.15) is 25.0 Å². The summed E-state index contributed by atoms with van der Waals surface area (Å²) >= 11 is 0. The molecule has 1 aliphatic carbocycles. The summed E-state index contributed by atoms with van der Waals surface area (Å²) in [6.45, 7) is 2.14. The summed E-state index contributed by atoms with van der Waals surface area (Å²) in [5, 5.41) is 12.3. The van der Waals surface area contributed by atoms with Crippen LogP contribution < -0.4 is 11.1 Å². The van der Waals surface area contributed by atoms with Crippen molar-refractivity contribution in [1.82, 2.24) is 4.98 Å². The van der Waals surface area contributed by atoms with E-state index in [0.717, 1.165) is 25.0 Å². The number of nitrogens with two attached hydrogens (primary N) is 1. The minimum absolute atomic E-state index is 0.0181. The number of aryl methyl sites for hydroxylation is 1. The summed E-state index contributed by atoms with van der Waals surface area (Å²) in [6.07, 6.45) is 2.64. The molecule has 1 fully saturated rings. The van der Waals surface area contributed by atoms with Gasteiger partial charge in [0.05, 0.1) is 5.41 Å². The van der Waals surface area contributed by atoms with Crippen molar-refractivity contribution in [3.63, 3.8) is 0 Å². The topological polar surface area (TPSA) is 88.2 Å². The van der Waals surface area contributed by atoms with Crippen molar-refractivity contribution in [2.75, 3.05) is 11.9 Å². The van der Waals surface area contributed by atoms with Gasteiger partial charge in [-0.25, -0.2) is 4.98 Å². The van der Waals surface area contributed by atoms with Gasteiger partial charge in [-0.1, -0.05) is 6.42 Å². The van der Waals surface area contributed by atoms with Crippen LogP contribution >= 0.6 is 0 Å². The Labute approximate surface area is 100 Å². The molecule has 1 amide bonds. The summed E-state index contributed by atoms with van der Waals surface area (Å²) in [7, 11) is 0. The Bertz CT molecular complexity index is 436. The molecule has 0 bridgehead atoms. The second-order valence-corrected chi connectivity index (χ2v) is 4.61. The number of nitrogens with one attached hydrogen (secondary N) is 1. The van der Waals surface area contributed by atoms with Crippen LogP contribution in [0.15, 0.2) is 12.1 Å². The van der Waals surface area contributed by atoms with Crippen molar-refractivity contribution >= 4 is 11.7 Å². The second kappa shape index (κ2) is 4.33. The fraction of sp³-hybridized carbons (Fsp3) is 0.500. The molecule has 0 aromatic carbocycles. The monoisotopic (exact) mass is 235 g/mol. The minimum atomic E-state index is -0.460. The summed E-state index contributed by atoms with van der Waals surface area (Å²) in [5.41, 5.74) is 5.93. The van der Waals surface area contributed by atoms with E-state index in [2.05, 4.69) is 10.3 Å². The molecule has 0 atom stereocenters. The molecule has 1 heterocycles. The zero-order chi connectivity index (χ0) is 12.5. The highest BCUT2D eigenvalue weighted by Crippen LogP contribution is 2.41. The molecule has 92 valence electrons. The largest absolute Gasteiger partial charge is 0.504 e. The van der Waals surface area contributed by atoms with Gasteiger partial charge < -0.3 is 16.2 Å². The molecule has 1 aromatic rings. The summed E-state index contributed by atoms with van der Waals surface area (Å²) < 4.78 is 0. The molecule has 2 rings (SSSR count). The van der Waals surface area contributed by atoms with Crippen LogP contribution in [0, 0.1) is 12.3 Å².